The number of nitrogens with zero attached hydrogens (tertiary/aromatic N) is 1. The van der Waals surface area contributed by atoms with Crippen molar-refractivity contribution in [3.63, 3.8) is 0 Å². The third-order valence-electron chi connectivity index (χ3n) is 2.64. The van der Waals surface area contributed by atoms with Gasteiger partial charge in [0, 0.05) is 12.5 Å². The van der Waals surface area contributed by atoms with E-state index in [2.05, 4.69) is 5.32 Å². The summed E-state index contributed by atoms with van der Waals surface area (Å²) >= 11 is 0. The highest BCUT2D eigenvalue weighted by Crippen LogP contribution is 2.19. The third kappa shape index (κ3) is 2.15. The molecular weight excluding hydrogens is 224 g/mol. The zero-order chi connectivity index (χ0) is 12.4. The largest absolute Gasteiger partial charge is 0.618 e. The van der Waals surface area contributed by atoms with Crippen LogP contribution in [0.5, 0.6) is 0 Å². The molecule has 1 aromatic rings. The summed E-state index contributed by atoms with van der Waals surface area (Å²) in [5.41, 5.74) is -0.639. The molecule has 1 atom stereocenters. The maximum Gasteiger partial charge on any atom is 0.252 e. The van der Waals surface area contributed by atoms with Crippen molar-refractivity contribution in [2.24, 2.45) is 0 Å². The summed E-state index contributed by atoms with van der Waals surface area (Å²) in [5.74, 6) is -1.82. The van der Waals surface area contributed by atoms with Crippen molar-refractivity contribution in [3.05, 3.63) is 45.5 Å². The van der Waals surface area contributed by atoms with Gasteiger partial charge in [0.15, 0.2) is 6.20 Å². The molecule has 1 aromatic heterocycles. The second-order valence-electron chi connectivity index (χ2n) is 3.78. The predicted octanol–water partition coefficient (Wildman–Crippen LogP) is -0.800. The summed E-state index contributed by atoms with van der Waals surface area (Å²) in [6.45, 7) is 0. The first kappa shape index (κ1) is 11.3. The lowest BCUT2D eigenvalue weighted by Gasteiger charge is -2.18. The van der Waals surface area contributed by atoms with Gasteiger partial charge < -0.3 is 5.21 Å². The maximum absolute atomic E-state index is 11.7. The van der Waals surface area contributed by atoms with Crippen LogP contribution < -0.4 is 15.5 Å². The van der Waals surface area contributed by atoms with Gasteiger partial charge in [-0.1, -0.05) is 6.07 Å². The lowest BCUT2D eigenvalue weighted by atomic mass is 9.94. The molecule has 2 amide bonds. The van der Waals surface area contributed by atoms with E-state index in [1.165, 1.54) is 24.4 Å². The van der Waals surface area contributed by atoms with Crippen LogP contribution >= 0.6 is 0 Å². The standard InChI is InChI=1S/C11H10N2O4/c14-8-3-1-2-6-13(17)10(8)7-4-5-9(15)12-11(7)16/h1-3,6-7H,4-5H2,(H,12,15,16). The number of carbonyl (C=O) groups excluding carboxylic acids is 2. The van der Waals surface area contributed by atoms with Crippen LogP contribution in [0, 0.1) is 5.21 Å². The lowest BCUT2D eigenvalue weighted by molar-refractivity contribution is -0.614. The first-order chi connectivity index (χ1) is 8.09. The molecule has 0 aliphatic carbocycles. The number of hydrogen-bond donors (Lipinski definition) is 1. The number of amides is 2. The molecule has 1 saturated heterocycles. The smallest absolute Gasteiger partial charge is 0.252 e. The van der Waals surface area contributed by atoms with Gasteiger partial charge in [-0.2, -0.15) is 4.73 Å². The average Bonchev–Trinajstić information content (AvgIpc) is 2.42. The van der Waals surface area contributed by atoms with Crippen molar-refractivity contribution >= 4 is 11.8 Å². The van der Waals surface area contributed by atoms with E-state index in [1.807, 2.05) is 0 Å². The first-order valence-corrected chi connectivity index (χ1v) is 5.15. The summed E-state index contributed by atoms with van der Waals surface area (Å²) in [5, 5.41) is 13.7. The van der Waals surface area contributed by atoms with Crippen LogP contribution in [0.4, 0.5) is 0 Å². The Balaban J connectivity index is 2.49. The summed E-state index contributed by atoms with van der Waals surface area (Å²) in [7, 11) is 0. The number of rotatable bonds is 1. The van der Waals surface area contributed by atoms with E-state index < -0.39 is 17.3 Å². The van der Waals surface area contributed by atoms with Crippen LogP contribution in [0.1, 0.15) is 24.5 Å². The number of aromatic nitrogens is 1. The van der Waals surface area contributed by atoms with Gasteiger partial charge >= 0.3 is 0 Å². The van der Waals surface area contributed by atoms with E-state index in [0.29, 0.717) is 4.73 Å². The van der Waals surface area contributed by atoms with Gasteiger partial charge in [-0.25, -0.2) is 0 Å². The fourth-order valence-corrected chi connectivity index (χ4v) is 1.82. The van der Waals surface area contributed by atoms with Crippen LogP contribution in [-0.4, -0.2) is 11.8 Å². The molecular formula is C11H10N2O4. The van der Waals surface area contributed by atoms with Crippen LogP contribution in [0.25, 0.3) is 0 Å². The molecule has 6 heteroatoms. The second kappa shape index (κ2) is 4.32. The SMILES string of the molecule is O=C1CCC(c2c(=O)cccc[n+]2[O-])C(=O)N1. The Kier molecular flexibility index (Phi) is 2.86. The molecule has 1 aliphatic heterocycles. The van der Waals surface area contributed by atoms with E-state index >= 15 is 0 Å². The number of carbonyl (C=O) groups is 2. The van der Waals surface area contributed by atoms with Crippen molar-refractivity contribution in [1.29, 1.82) is 0 Å². The molecule has 0 bridgehead atoms. The summed E-state index contributed by atoms with van der Waals surface area (Å²) in [6.07, 6.45) is 1.49. The van der Waals surface area contributed by atoms with E-state index in [1.54, 1.807) is 0 Å². The number of piperidine rings is 1. The Bertz CT molecular complexity index is 541. The van der Waals surface area contributed by atoms with Gasteiger partial charge in [0.05, 0.1) is 0 Å². The Hall–Kier alpha value is -2.24. The molecule has 0 spiro atoms. The summed E-state index contributed by atoms with van der Waals surface area (Å²) in [6, 6.07) is 4.09. The molecule has 2 heterocycles. The van der Waals surface area contributed by atoms with Crippen LogP contribution in [0.15, 0.2) is 29.2 Å². The van der Waals surface area contributed by atoms with Crippen molar-refractivity contribution in [1.82, 2.24) is 5.32 Å². The first-order valence-electron chi connectivity index (χ1n) is 5.15. The Labute approximate surface area is 96.5 Å². The zero-order valence-corrected chi connectivity index (χ0v) is 8.88. The molecule has 0 saturated carbocycles. The minimum Gasteiger partial charge on any atom is -0.618 e. The molecule has 1 aliphatic rings. The lowest BCUT2D eigenvalue weighted by Crippen LogP contribution is -2.46. The highest BCUT2D eigenvalue weighted by Gasteiger charge is 2.34. The fourth-order valence-electron chi connectivity index (χ4n) is 1.82. The Morgan fingerprint density at radius 3 is 2.76 bits per heavy atom. The Morgan fingerprint density at radius 2 is 2.06 bits per heavy atom. The normalized spacial score (nSPS) is 19.9. The fraction of sp³-hybridized carbons (Fsp3) is 0.273. The number of imide groups is 1. The van der Waals surface area contributed by atoms with Gasteiger partial charge in [0.25, 0.3) is 5.69 Å². The molecule has 0 aromatic carbocycles. The monoisotopic (exact) mass is 234 g/mol. The summed E-state index contributed by atoms with van der Waals surface area (Å²) < 4.78 is 0.391. The van der Waals surface area contributed by atoms with Gasteiger partial charge in [-0.05, 0) is 12.5 Å². The second-order valence-corrected chi connectivity index (χ2v) is 3.78. The quantitative estimate of drug-likeness (QED) is 0.391. The molecule has 1 unspecified atom stereocenters. The highest BCUT2D eigenvalue weighted by molar-refractivity contribution is 6.00. The summed E-state index contributed by atoms with van der Waals surface area (Å²) in [4.78, 5) is 34.3. The van der Waals surface area contributed by atoms with Gasteiger partial charge in [-0.15, -0.1) is 0 Å². The predicted molar refractivity (Wildman–Crippen MR) is 56.8 cm³/mol. The maximum atomic E-state index is 11.7. The van der Waals surface area contributed by atoms with Gasteiger partial charge in [0.2, 0.25) is 17.2 Å². The topological polar surface area (TPSA) is 90.2 Å². The van der Waals surface area contributed by atoms with Crippen LogP contribution in [-0.2, 0) is 9.59 Å². The molecule has 6 nitrogen and oxygen atoms in total. The van der Waals surface area contributed by atoms with E-state index in [4.69, 9.17) is 0 Å². The molecule has 1 fully saturated rings. The molecule has 17 heavy (non-hydrogen) atoms. The average molecular weight is 234 g/mol. The molecule has 2 rings (SSSR count). The van der Waals surface area contributed by atoms with Crippen LogP contribution in [0.3, 0.4) is 0 Å². The van der Waals surface area contributed by atoms with Crippen molar-refractivity contribution < 1.29 is 14.3 Å². The Morgan fingerprint density at radius 1 is 1.29 bits per heavy atom. The number of nitrogens with one attached hydrogen (secondary N) is 1. The third-order valence-corrected chi connectivity index (χ3v) is 2.64. The van der Waals surface area contributed by atoms with Crippen molar-refractivity contribution in [3.8, 4) is 0 Å². The highest BCUT2D eigenvalue weighted by atomic mass is 16.5. The zero-order valence-electron chi connectivity index (χ0n) is 8.88. The van der Waals surface area contributed by atoms with Gasteiger partial charge in [0.1, 0.15) is 5.92 Å². The molecule has 88 valence electrons. The molecule has 1 N–H and O–H groups in total. The van der Waals surface area contributed by atoms with E-state index in [0.717, 1.165) is 0 Å². The van der Waals surface area contributed by atoms with Gasteiger partial charge in [-0.3, -0.25) is 19.7 Å². The van der Waals surface area contributed by atoms with E-state index in [-0.39, 0.29) is 24.4 Å². The van der Waals surface area contributed by atoms with Crippen molar-refractivity contribution in [2.75, 3.05) is 0 Å². The number of hydrogen-bond acceptors (Lipinski definition) is 4. The van der Waals surface area contributed by atoms with Crippen molar-refractivity contribution in [2.45, 2.75) is 18.8 Å². The minimum atomic E-state index is -0.856. The molecule has 0 radical (unpaired) electrons. The van der Waals surface area contributed by atoms with Crippen LogP contribution in [0.2, 0.25) is 0 Å². The van der Waals surface area contributed by atoms with E-state index in [9.17, 15) is 19.6 Å². The minimum absolute atomic E-state index is 0.133.